The fourth-order valence-electron chi connectivity index (χ4n) is 1.66. The van der Waals surface area contributed by atoms with Gasteiger partial charge in [0.1, 0.15) is 0 Å². The number of benzene rings is 1. The van der Waals surface area contributed by atoms with E-state index in [1.807, 2.05) is 0 Å². The van der Waals surface area contributed by atoms with E-state index in [-0.39, 0.29) is 12.2 Å². The molecular weight excluding hydrogens is 333 g/mol. The molecule has 1 aromatic heterocycles. The number of hydrogen-bond donors (Lipinski definition) is 1. The van der Waals surface area contributed by atoms with Crippen LogP contribution in [-0.2, 0) is 16.4 Å². The van der Waals surface area contributed by atoms with Crippen LogP contribution in [-0.4, -0.2) is 30.9 Å². The van der Waals surface area contributed by atoms with Crippen LogP contribution in [0.5, 0.6) is 0 Å². The molecule has 0 atom stereocenters. The summed E-state index contributed by atoms with van der Waals surface area (Å²) in [7, 11) is -3.85. The van der Waals surface area contributed by atoms with Gasteiger partial charge in [-0.3, -0.25) is 10.1 Å². The van der Waals surface area contributed by atoms with Crippen LogP contribution >= 0.6 is 11.3 Å². The number of halogens is 1. The van der Waals surface area contributed by atoms with Gasteiger partial charge in [0.25, 0.3) is 5.69 Å². The highest BCUT2D eigenvalue weighted by Crippen LogP contribution is 2.27. The van der Waals surface area contributed by atoms with Gasteiger partial charge in [0.2, 0.25) is 16.0 Å². The Morgan fingerprint density at radius 2 is 2.00 bits per heavy atom. The van der Waals surface area contributed by atoms with Crippen LogP contribution < -0.4 is 4.72 Å². The van der Waals surface area contributed by atoms with E-state index in [1.165, 1.54) is 23.5 Å². The van der Waals surface area contributed by atoms with Crippen LogP contribution in [0.3, 0.4) is 0 Å². The maximum absolute atomic E-state index is 12.1. The average Bonchev–Trinajstić information content (AvgIpc) is 2.96. The van der Waals surface area contributed by atoms with Gasteiger partial charge < -0.3 is 0 Å². The number of rotatable bonds is 7. The van der Waals surface area contributed by atoms with Gasteiger partial charge in [0, 0.05) is 31.3 Å². The lowest BCUT2D eigenvalue weighted by molar-refractivity contribution is -0.384. The molecule has 0 aliphatic heterocycles. The summed E-state index contributed by atoms with van der Waals surface area (Å²) in [5.41, 5.74) is 0.799. The smallest absolute Gasteiger partial charge is 0.258 e. The van der Waals surface area contributed by atoms with Crippen LogP contribution in [0.15, 0.2) is 30.5 Å². The van der Waals surface area contributed by atoms with Gasteiger partial charge in [0.15, 0.2) is 0 Å². The number of sulfonamides is 1. The van der Waals surface area contributed by atoms with Crippen molar-refractivity contribution in [3.05, 3.63) is 45.6 Å². The Bertz CT molecular complexity index is 759. The number of nitro groups is 1. The second kappa shape index (κ2) is 6.90. The van der Waals surface area contributed by atoms with Crippen molar-refractivity contribution in [3.8, 4) is 10.4 Å². The molecule has 22 heavy (non-hydrogen) atoms. The Morgan fingerprint density at radius 3 is 2.59 bits per heavy atom. The van der Waals surface area contributed by atoms with Crippen molar-refractivity contribution in [1.82, 2.24) is 9.71 Å². The monoisotopic (exact) mass is 345 g/mol. The van der Waals surface area contributed by atoms with Crippen LogP contribution in [0.2, 0.25) is 0 Å². The molecule has 0 unspecified atom stereocenters. The molecule has 0 amide bonds. The quantitative estimate of drug-likeness (QED) is 0.611. The summed E-state index contributed by atoms with van der Waals surface area (Å²) >= 11 is 1.35. The average molecular weight is 345 g/mol. The third-order valence-electron chi connectivity index (χ3n) is 2.72. The highest BCUT2D eigenvalue weighted by Gasteiger charge is 2.10. The molecular formula is C12H12FN3O4S2. The normalized spacial score (nSPS) is 11.5. The van der Waals surface area contributed by atoms with Crippen LogP contribution in [0.1, 0.15) is 5.01 Å². The number of nitrogens with one attached hydrogen (secondary N) is 1. The molecule has 1 N–H and O–H groups in total. The number of aromatic nitrogens is 1. The summed E-state index contributed by atoms with van der Waals surface area (Å²) in [5.74, 6) is 0. The zero-order valence-corrected chi connectivity index (χ0v) is 12.9. The number of alkyl halides is 1. The lowest BCUT2D eigenvalue weighted by Gasteiger charge is -2.00. The van der Waals surface area contributed by atoms with Gasteiger partial charge in [0.05, 0.1) is 14.8 Å². The zero-order valence-electron chi connectivity index (χ0n) is 11.2. The summed E-state index contributed by atoms with van der Waals surface area (Å²) in [4.78, 5) is 15.1. The SMILES string of the molecule is O=[N+]([O-])c1ccc(-c2cnc(CCNS(=O)(=O)CF)s2)cc1. The summed E-state index contributed by atoms with van der Waals surface area (Å²) in [5, 5.41) is 11.3. The summed E-state index contributed by atoms with van der Waals surface area (Å²) < 4.78 is 36.1. The van der Waals surface area contributed by atoms with E-state index in [0.717, 1.165) is 10.4 Å². The number of hydrogen-bond acceptors (Lipinski definition) is 6. The molecule has 1 heterocycles. The standard InChI is InChI=1S/C12H12FN3O4S2/c13-8-22(19,20)15-6-5-12-14-7-11(21-12)9-1-3-10(4-2-9)16(17)18/h1-4,7,15H,5-6,8H2. The molecule has 7 nitrogen and oxygen atoms in total. The van der Waals surface area contributed by atoms with Gasteiger partial charge in [-0.15, -0.1) is 11.3 Å². The van der Waals surface area contributed by atoms with Crippen molar-refractivity contribution < 1.29 is 17.7 Å². The fourth-order valence-corrected chi connectivity index (χ4v) is 3.07. The molecule has 0 saturated heterocycles. The second-order valence-electron chi connectivity index (χ2n) is 4.29. The number of nitro benzene ring substituents is 1. The van der Waals surface area contributed by atoms with Crippen molar-refractivity contribution in [2.75, 3.05) is 12.6 Å². The molecule has 10 heteroatoms. The molecule has 0 radical (unpaired) electrons. The van der Waals surface area contributed by atoms with E-state index >= 15 is 0 Å². The van der Waals surface area contributed by atoms with Crippen molar-refractivity contribution in [1.29, 1.82) is 0 Å². The molecule has 0 saturated carbocycles. The van der Waals surface area contributed by atoms with E-state index in [2.05, 4.69) is 9.71 Å². The minimum absolute atomic E-state index is 0.00844. The largest absolute Gasteiger partial charge is 0.269 e. The highest BCUT2D eigenvalue weighted by atomic mass is 32.2. The maximum atomic E-state index is 12.1. The van der Waals surface area contributed by atoms with Crippen molar-refractivity contribution in [3.63, 3.8) is 0 Å². The van der Waals surface area contributed by atoms with Crippen LogP contribution in [0.25, 0.3) is 10.4 Å². The van der Waals surface area contributed by atoms with E-state index < -0.39 is 21.0 Å². The summed E-state index contributed by atoms with van der Waals surface area (Å²) in [6.45, 7) is 0.0689. The van der Waals surface area contributed by atoms with E-state index in [9.17, 15) is 22.9 Å². The number of thiazole rings is 1. The first kappa shape index (κ1) is 16.5. The lowest BCUT2D eigenvalue weighted by atomic mass is 10.2. The molecule has 0 aliphatic rings. The Hall–Kier alpha value is -1.91. The lowest BCUT2D eigenvalue weighted by Crippen LogP contribution is -2.26. The molecule has 0 bridgehead atoms. The van der Waals surface area contributed by atoms with E-state index in [1.54, 1.807) is 18.3 Å². The molecule has 2 aromatic rings. The maximum Gasteiger partial charge on any atom is 0.269 e. The molecule has 0 spiro atoms. The second-order valence-corrected chi connectivity index (χ2v) is 7.14. The van der Waals surface area contributed by atoms with Crippen molar-refractivity contribution in [2.24, 2.45) is 0 Å². The predicted octanol–water partition coefficient (Wildman–Crippen LogP) is 2.11. The first-order chi connectivity index (χ1) is 10.4. The number of nitrogens with zero attached hydrogens (tertiary/aromatic N) is 2. The van der Waals surface area contributed by atoms with Crippen molar-refractivity contribution >= 4 is 27.0 Å². The topological polar surface area (TPSA) is 102 Å². The van der Waals surface area contributed by atoms with Crippen LogP contribution in [0, 0.1) is 10.1 Å². The molecule has 1 aromatic carbocycles. The van der Waals surface area contributed by atoms with Gasteiger partial charge in [-0.25, -0.2) is 22.5 Å². The first-order valence-electron chi connectivity index (χ1n) is 6.14. The minimum atomic E-state index is -3.85. The Labute approximate surface area is 130 Å². The van der Waals surface area contributed by atoms with Crippen LogP contribution in [0.4, 0.5) is 10.1 Å². The molecule has 118 valence electrons. The first-order valence-corrected chi connectivity index (χ1v) is 8.61. The van der Waals surface area contributed by atoms with Gasteiger partial charge in [-0.2, -0.15) is 0 Å². The highest BCUT2D eigenvalue weighted by molar-refractivity contribution is 7.89. The third-order valence-corrected chi connectivity index (χ3v) is 4.76. The molecule has 0 fully saturated rings. The Balaban J connectivity index is 2.00. The molecule has 0 aliphatic carbocycles. The Morgan fingerprint density at radius 1 is 1.32 bits per heavy atom. The van der Waals surface area contributed by atoms with E-state index in [4.69, 9.17) is 0 Å². The minimum Gasteiger partial charge on any atom is -0.258 e. The van der Waals surface area contributed by atoms with Gasteiger partial charge in [-0.1, -0.05) is 0 Å². The predicted molar refractivity (Wildman–Crippen MR) is 80.8 cm³/mol. The van der Waals surface area contributed by atoms with Gasteiger partial charge >= 0.3 is 0 Å². The number of non-ortho nitro benzene ring substituents is 1. The third kappa shape index (κ3) is 4.29. The summed E-state index contributed by atoms with van der Waals surface area (Å²) in [6, 6.07) is 4.62. The van der Waals surface area contributed by atoms with E-state index in [0.29, 0.717) is 11.4 Å². The summed E-state index contributed by atoms with van der Waals surface area (Å²) in [6.07, 6.45) is 1.96. The van der Waals surface area contributed by atoms with Gasteiger partial charge in [-0.05, 0) is 17.7 Å². The Kier molecular flexibility index (Phi) is 5.16. The molecule has 2 rings (SSSR count). The fraction of sp³-hybridized carbons (Fsp3) is 0.250. The zero-order chi connectivity index (χ0) is 16.2. The van der Waals surface area contributed by atoms with Crippen molar-refractivity contribution in [2.45, 2.75) is 6.42 Å².